The Morgan fingerprint density at radius 2 is 2.70 bits per heavy atom. The fourth-order valence-electron chi connectivity index (χ4n) is 0.668. The summed E-state index contributed by atoms with van der Waals surface area (Å²) in [6.45, 7) is 1.30. The first-order valence-corrected chi connectivity index (χ1v) is 2.97. The molecule has 0 bridgehead atoms. The van der Waals surface area contributed by atoms with Crippen molar-refractivity contribution in [3.63, 3.8) is 0 Å². The number of carbonyl (C=O) groups excluding carboxylic acids is 1. The summed E-state index contributed by atoms with van der Waals surface area (Å²) in [7, 11) is 1.37. The van der Waals surface area contributed by atoms with Crippen LogP contribution in [-0.2, 0) is 14.4 Å². The summed E-state index contributed by atoms with van der Waals surface area (Å²) in [5.74, 6) is -0.243. The molecule has 0 saturated carbocycles. The highest BCUT2D eigenvalue weighted by atomic mass is 16.7. The van der Waals surface area contributed by atoms with Crippen molar-refractivity contribution in [2.45, 2.75) is 0 Å². The Bertz CT molecular complexity index is 122. The van der Waals surface area contributed by atoms with E-state index in [0.29, 0.717) is 13.4 Å². The number of hydroxylamine groups is 1. The van der Waals surface area contributed by atoms with E-state index in [0.717, 1.165) is 0 Å². The van der Waals surface area contributed by atoms with E-state index in [9.17, 15) is 4.79 Å². The van der Waals surface area contributed by atoms with Crippen molar-refractivity contribution < 1.29 is 14.4 Å². The first kappa shape index (κ1) is 7.46. The topological polar surface area (TPSA) is 50.8 Å². The minimum absolute atomic E-state index is 0.243. The zero-order valence-electron chi connectivity index (χ0n) is 5.79. The van der Waals surface area contributed by atoms with Gasteiger partial charge in [-0.2, -0.15) is 5.48 Å². The molecule has 0 aromatic heterocycles. The Morgan fingerprint density at radius 3 is 3.20 bits per heavy atom. The van der Waals surface area contributed by atoms with E-state index in [1.165, 1.54) is 7.11 Å². The Kier molecular flexibility index (Phi) is 2.61. The number of nitrogens with one attached hydrogen (secondary N) is 1. The van der Waals surface area contributed by atoms with E-state index in [-0.39, 0.29) is 12.5 Å². The van der Waals surface area contributed by atoms with Crippen molar-refractivity contribution in [3.05, 3.63) is 0 Å². The van der Waals surface area contributed by atoms with Crippen LogP contribution >= 0.6 is 0 Å². The third kappa shape index (κ3) is 1.94. The second-order valence-electron chi connectivity index (χ2n) is 1.98. The lowest BCUT2D eigenvalue weighted by molar-refractivity contribution is -0.142. The van der Waals surface area contributed by atoms with E-state index >= 15 is 0 Å². The summed E-state index contributed by atoms with van der Waals surface area (Å²) < 4.78 is 4.45. The minimum atomic E-state index is -0.243. The third-order valence-electron chi connectivity index (χ3n) is 1.22. The molecule has 5 nitrogen and oxygen atoms in total. The highest BCUT2D eigenvalue weighted by molar-refractivity contribution is 5.71. The summed E-state index contributed by atoms with van der Waals surface area (Å²) in [6, 6.07) is 0. The smallest absolute Gasteiger partial charge is 0.319 e. The number of carbonyl (C=O) groups is 1. The molecule has 0 unspecified atom stereocenters. The monoisotopic (exact) mass is 146 g/mol. The molecule has 0 aliphatic carbocycles. The van der Waals surface area contributed by atoms with Gasteiger partial charge >= 0.3 is 5.97 Å². The number of nitrogens with zero attached hydrogens (tertiary/aromatic N) is 1. The largest absolute Gasteiger partial charge is 0.468 e. The maximum absolute atomic E-state index is 10.6. The molecule has 1 N–H and O–H groups in total. The molecular formula is C5H10N2O3. The van der Waals surface area contributed by atoms with Crippen molar-refractivity contribution in [2.75, 3.05) is 27.1 Å². The first-order valence-electron chi connectivity index (χ1n) is 2.97. The van der Waals surface area contributed by atoms with Gasteiger partial charge in [-0.25, -0.2) is 0 Å². The lowest BCUT2D eigenvalue weighted by atomic mass is 10.6. The van der Waals surface area contributed by atoms with Crippen LogP contribution in [0.25, 0.3) is 0 Å². The average Bonchev–Trinajstić information content (AvgIpc) is 2.40. The van der Waals surface area contributed by atoms with Crippen LogP contribution in [0.15, 0.2) is 0 Å². The molecule has 0 amide bonds. The Morgan fingerprint density at radius 1 is 1.90 bits per heavy atom. The zero-order valence-corrected chi connectivity index (χ0v) is 5.79. The summed E-state index contributed by atoms with van der Waals surface area (Å²) in [5, 5.41) is 0. The fourth-order valence-corrected chi connectivity index (χ4v) is 0.668. The Hall–Kier alpha value is -0.650. The molecular weight excluding hydrogens is 136 g/mol. The van der Waals surface area contributed by atoms with Gasteiger partial charge in [-0.1, -0.05) is 0 Å². The van der Waals surface area contributed by atoms with Crippen LogP contribution in [0.1, 0.15) is 0 Å². The summed E-state index contributed by atoms with van der Waals surface area (Å²) >= 11 is 0. The SMILES string of the molecule is COC(=O)CN1CNOC1. The van der Waals surface area contributed by atoms with Crippen LogP contribution in [0, 0.1) is 0 Å². The molecule has 0 aromatic rings. The fraction of sp³-hybridized carbons (Fsp3) is 0.800. The van der Waals surface area contributed by atoms with E-state index < -0.39 is 0 Å². The van der Waals surface area contributed by atoms with Crippen LogP contribution in [0.5, 0.6) is 0 Å². The molecule has 1 aliphatic rings. The standard InChI is InChI=1S/C5H10N2O3/c1-9-5(8)2-7-3-6-10-4-7/h6H,2-4H2,1H3. The molecule has 1 fully saturated rings. The average molecular weight is 146 g/mol. The van der Waals surface area contributed by atoms with Gasteiger partial charge in [0, 0.05) is 0 Å². The van der Waals surface area contributed by atoms with E-state index in [1.807, 2.05) is 0 Å². The summed E-state index contributed by atoms with van der Waals surface area (Å²) in [5.41, 5.74) is 2.62. The normalized spacial score (nSPS) is 19.3. The van der Waals surface area contributed by atoms with Gasteiger partial charge in [-0.15, -0.1) is 0 Å². The first-order chi connectivity index (χ1) is 4.83. The van der Waals surface area contributed by atoms with Gasteiger partial charge in [-0.3, -0.25) is 14.5 Å². The molecule has 0 atom stereocenters. The molecule has 0 spiro atoms. The number of rotatable bonds is 2. The number of hydrogen-bond acceptors (Lipinski definition) is 5. The molecule has 5 heteroatoms. The number of hydrogen-bond donors (Lipinski definition) is 1. The number of esters is 1. The minimum Gasteiger partial charge on any atom is -0.468 e. The van der Waals surface area contributed by atoms with E-state index in [2.05, 4.69) is 10.2 Å². The molecule has 1 heterocycles. The van der Waals surface area contributed by atoms with Gasteiger partial charge in [-0.05, 0) is 0 Å². The quantitative estimate of drug-likeness (QED) is 0.502. The molecule has 1 rings (SSSR count). The summed E-state index contributed by atoms with van der Waals surface area (Å²) in [4.78, 5) is 17.2. The Balaban J connectivity index is 2.17. The van der Waals surface area contributed by atoms with Crippen LogP contribution < -0.4 is 5.48 Å². The van der Waals surface area contributed by atoms with Crippen molar-refractivity contribution in [1.82, 2.24) is 10.4 Å². The second-order valence-corrected chi connectivity index (χ2v) is 1.98. The van der Waals surface area contributed by atoms with Gasteiger partial charge < -0.3 is 4.74 Å². The number of ether oxygens (including phenoxy) is 1. The molecule has 1 saturated heterocycles. The van der Waals surface area contributed by atoms with Crippen LogP contribution in [0.4, 0.5) is 0 Å². The lowest BCUT2D eigenvalue weighted by Crippen LogP contribution is -2.29. The van der Waals surface area contributed by atoms with Crippen molar-refractivity contribution in [2.24, 2.45) is 0 Å². The van der Waals surface area contributed by atoms with Gasteiger partial charge in [0.25, 0.3) is 0 Å². The maximum Gasteiger partial charge on any atom is 0.319 e. The van der Waals surface area contributed by atoms with Crippen molar-refractivity contribution >= 4 is 5.97 Å². The maximum atomic E-state index is 10.6. The molecule has 0 radical (unpaired) electrons. The molecule has 58 valence electrons. The van der Waals surface area contributed by atoms with Crippen LogP contribution in [0.2, 0.25) is 0 Å². The Labute approximate surface area is 58.8 Å². The van der Waals surface area contributed by atoms with Gasteiger partial charge in [0.05, 0.1) is 20.3 Å². The van der Waals surface area contributed by atoms with Gasteiger partial charge in [0.15, 0.2) is 0 Å². The van der Waals surface area contributed by atoms with Crippen molar-refractivity contribution in [3.8, 4) is 0 Å². The number of methoxy groups -OCH3 is 1. The highest BCUT2D eigenvalue weighted by Gasteiger charge is 2.14. The van der Waals surface area contributed by atoms with E-state index in [4.69, 9.17) is 4.84 Å². The highest BCUT2D eigenvalue weighted by Crippen LogP contribution is 1.92. The third-order valence-corrected chi connectivity index (χ3v) is 1.22. The molecule has 0 aromatic carbocycles. The molecule has 10 heavy (non-hydrogen) atoms. The molecule has 1 aliphatic heterocycles. The van der Waals surface area contributed by atoms with Gasteiger partial charge in [0.2, 0.25) is 0 Å². The second kappa shape index (κ2) is 3.50. The lowest BCUT2D eigenvalue weighted by Gasteiger charge is -2.08. The van der Waals surface area contributed by atoms with Crippen LogP contribution in [0.3, 0.4) is 0 Å². The predicted octanol–water partition coefficient (Wildman–Crippen LogP) is -1.09. The van der Waals surface area contributed by atoms with Crippen LogP contribution in [-0.4, -0.2) is 37.9 Å². The van der Waals surface area contributed by atoms with E-state index in [1.54, 1.807) is 4.90 Å². The predicted molar refractivity (Wildman–Crippen MR) is 32.7 cm³/mol. The van der Waals surface area contributed by atoms with Gasteiger partial charge in [0.1, 0.15) is 6.73 Å². The van der Waals surface area contributed by atoms with Crippen molar-refractivity contribution in [1.29, 1.82) is 0 Å². The zero-order chi connectivity index (χ0) is 7.40. The summed E-state index contributed by atoms with van der Waals surface area (Å²) in [6.07, 6.45) is 0.